The first kappa shape index (κ1) is 42.5. The number of para-hydroxylation sites is 2. The molecule has 0 fully saturated rings. The average Bonchev–Trinajstić information content (AvgIpc) is 4.02. The largest absolute Gasteiger partial charge is 0.294 e. The summed E-state index contributed by atoms with van der Waals surface area (Å²) in [7, 11) is 0. The van der Waals surface area contributed by atoms with Gasteiger partial charge in [-0.3, -0.25) is 9.13 Å². The van der Waals surface area contributed by atoms with E-state index in [0.29, 0.717) is 34.9 Å². The topological polar surface area (TPSA) is 113 Å². The number of fused-ring (bicyclic) bond motifs is 6. The van der Waals surface area contributed by atoms with Gasteiger partial charge in [0.25, 0.3) is 0 Å². The summed E-state index contributed by atoms with van der Waals surface area (Å²) in [5.74, 6) is 5.11. The zero-order valence-electron chi connectivity index (χ0n) is 39.6. The van der Waals surface area contributed by atoms with Crippen molar-refractivity contribution in [1.29, 1.82) is 0 Å². The van der Waals surface area contributed by atoms with E-state index in [1.807, 2.05) is 146 Å². The third-order valence-corrected chi connectivity index (χ3v) is 13.5. The standard InChI is InChI=1S/C64H40N10/c1-5-17-41(18-6-1)59-67-60(42-19-7-2-8-20-42)70-63(69-59)47-33-35-65-57(39-47)73-53-27-15-13-25-49(53)51-37-45(29-31-55(51)73)46-30-32-56-52(38-46)50-26-14-16-28-54(50)74(56)58-40-48(34-36-66-58)64-71-61(43-21-9-3-10-22-43)68-62(72-64)44-23-11-4-12-24-44/h1-40H. The van der Waals surface area contributed by atoms with E-state index in [1.165, 1.54) is 0 Å². The Labute approximate surface area is 424 Å². The van der Waals surface area contributed by atoms with Crippen molar-refractivity contribution in [1.82, 2.24) is 49.0 Å². The van der Waals surface area contributed by atoms with Gasteiger partial charge >= 0.3 is 0 Å². The normalized spacial score (nSPS) is 11.5. The maximum Gasteiger partial charge on any atom is 0.164 e. The van der Waals surface area contributed by atoms with Crippen LogP contribution in [0.4, 0.5) is 0 Å². The summed E-state index contributed by atoms with van der Waals surface area (Å²) < 4.78 is 4.46. The highest BCUT2D eigenvalue weighted by molar-refractivity contribution is 6.12. The van der Waals surface area contributed by atoms with Crippen LogP contribution in [-0.2, 0) is 0 Å². The third kappa shape index (κ3) is 7.53. The molecule has 0 saturated carbocycles. The summed E-state index contributed by atoms with van der Waals surface area (Å²) in [5, 5.41) is 4.50. The molecule has 8 aromatic carbocycles. The fourth-order valence-corrected chi connectivity index (χ4v) is 10.0. The molecular formula is C64H40N10. The van der Waals surface area contributed by atoms with Crippen molar-refractivity contribution in [2.45, 2.75) is 0 Å². The lowest BCUT2D eigenvalue weighted by atomic mass is 10.0. The highest BCUT2D eigenvalue weighted by Gasteiger charge is 2.20. The van der Waals surface area contributed by atoms with E-state index in [-0.39, 0.29) is 0 Å². The lowest BCUT2D eigenvalue weighted by molar-refractivity contribution is 1.05. The highest BCUT2D eigenvalue weighted by Crippen LogP contribution is 2.39. The summed E-state index contributed by atoms with van der Waals surface area (Å²) in [4.78, 5) is 39.9. The number of pyridine rings is 2. The Kier molecular flexibility index (Phi) is 10.2. The molecule has 0 aliphatic heterocycles. The first-order valence-electron chi connectivity index (χ1n) is 24.4. The smallest absolute Gasteiger partial charge is 0.164 e. The van der Waals surface area contributed by atoms with E-state index in [1.54, 1.807) is 0 Å². The molecule has 0 bridgehead atoms. The molecule has 0 aliphatic carbocycles. The summed E-state index contributed by atoms with van der Waals surface area (Å²) in [5.41, 5.74) is 11.7. The maximum atomic E-state index is 5.02. The van der Waals surface area contributed by atoms with Gasteiger partial charge in [0.1, 0.15) is 11.6 Å². The van der Waals surface area contributed by atoms with Gasteiger partial charge in [0.15, 0.2) is 34.9 Å². The van der Waals surface area contributed by atoms with Crippen molar-refractivity contribution >= 4 is 43.6 Å². The van der Waals surface area contributed by atoms with Crippen molar-refractivity contribution in [3.8, 4) is 91.1 Å². The number of hydrogen-bond acceptors (Lipinski definition) is 8. The van der Waals surface area contributed by atoms with Gasteiger partial charge < -0.3 is 0 Å². The van der Waals surface area contributed by atoms with Gasteiger partial charge in [-0.25, -0.2) is 39.9 Å². The van der Waals surface area contributed by atoms with Crippen LogP contribution in [0.25, 0.3) is 135 Å². The third-order valence-electron chi connectivity index (χ3n) is 13.5. The molecule has 0 N–H and O–H groups in total. The zero-order valence-corrected chi connectivity index (χ0v) is 39.6. The Morgan fingerprint density at radius 3 is 0.865 bits per heavy atom. The second-order valence-corrected chi connectivity index (χ2v) is 18.1. The van der Waals surface area contributed by atoms with Gasteiger partial charge in [-0.05, 0) is 71.8 Å². The Morgan fingerprint density at radius 1 is 0.216 bits per heavy atom. The van der Waals surface area contributed by atoms with Crippen LogP contribution in [0, 0.1) is 0 Å². The Balaban J connectivity index is 0.856. The second-order valence-electron chi connectivity index (χ2n) is 18.1. The predicted molar refractivity (Wildman–Crippen MR) is 296 cm³/mol. The Hall–Kier alpha value is -10.3. The minimum absolute atomic E-state index is 0.572. The molecule has 346 valence electrons. The molecular weight excluding hydrogens is 909 g/mol. The molecule has 10 heteroatoms. The molecule has 0 aliphatic rings. The SMILES string of the molecule is c1ccc(-c2nc(-c3ccccc3)nc(-c3ccnc(-n4c5ccccc5c5cc(-c6ccc7c(c6)c6ccccc6n7-c6cc(-c7nc(-c8ccccc8)nc(-c8ccccc8)n7)ccn6)ccc54)c3)n2)cc1. The first-order chi connectivity index (χ1) is 36.7. The minimum Gasteiger partial charge on any atom is -0.294 e. The fraction of sp³-hybridized carbons (Fsp3) is 0. The maximum absolute atomic E-state index is 5.02. The lowest BCUT2D eigenvalue weighted by Crippen LogP contribution is -2.02. The van der Waals surface area contributed by atoms with Crippen LogP contribution < -0.4 is 0 Å². The minimum atomic E-state index is 0.572. The van der Waals surface area contributed by atoms with Crippen molar-refractivity contribution in [3.05, 3.63) is 243 Å². The van der Waals surface area contributed by atoms with Crippen LogP contribution in [-0.4, -0.2) is 49.0 Å². The predicted octanol–water partition coefficient (Wildman–Crippen LogP) is 14.7. The number of nitrogens with zero attached hydrogens (tertiary/aromatic N) is 10. The zero-order chi connectivity index (χ0) is 49.0. The number of benzene rings is 8. The van der Waals surface area contributed by atoms with Crippen molar-refractivity contribution in [2.24, 2.45) is 0 Å². The number of hydrogen-bond donors (Lipinski definition) is 0. The van der Waals surface area contributed by atoms with Gasteiger partial charge in [0.05, 0.1) is 22.1 Å². The summed E-state index contributed by atoms with van der Waals surface area (Å²) in [6, 6.07) is 78.7. The van der Waals surface area contributed by atoms with E-state index in [0.717, 1.165) is 99.8 Å². The number of aromatic nitrogens is 10. The fourth-order valence-electron chi connectivity index (χ4n) is 10.0. The van der Waals surface area contributed by atoms with E-state index < -0.39 is 0 Å². The Bertz CT molecular complexity index is 4020. The molecule has 6 aromatic heterocycles. The van der Waals surface area contributed by atoms with E-state index >= 15 is 0 Å². The molecule has 6 heterocycles. The molecule has 74 heavy (non-hydrogen) atoms. The van der Waals surface area contributed by atoms with Gasteiger partial charge in [-0.2, -0.15) is 0 Å². The second kappa shape index (κ2) is 17.8. The lowest BCUT2D eigenvalue weighted by Gasteiger charge is -2.11. The van der Waals surface area contributed by atoms with E-state index in [2.05, 4.69) is 106 Å². The van der Waals surface area contributed by atoms with Crippen molar-refractivity contribution < 1.29 is 0 Å². The molecule has 0 amide bonds. The van der Waals surface area contributed by atoms with E-state index in [4.69, 9.17) is 39.9 Å². The molecule has 14 rings (SSSR count). The van der Waals surface area contributed by atoms with Crippen molar-refractivity contribution in [2.75, 3.05) is 0 Å². The van der Waals surface area contributed by atoms with Gasteiger partial charge in [0.2, 0.25) is 0 Å². The summed E-state index contributed by atoms with van der Waals surface area (Å²) >= 11 is 0. The quantitative estimate of drug-likeness (QED) is 0.141. The highest BCUT2D eigenvalue weighted by atomic mass is 15.1. The Morgan fingerprint density at radius 2 is 0.514 bits per heavy atom. The van der Waals surface area contributed by atoms with Crippen LogP contribution >= 0.6 is 0 Å². The van der Waals surface area contributed by atoms with Gasteiger partial charge in [0, 0.05) is 67.3 Å². The monoisotopic (exact) mass is 948 g/mol. The summed E-state index contributed by atoms with van der Waals surface area (Å²) in [6.45, 7) is 0. The average molecular weight is 949 g/mol. The molecule has 0 unspecified atom stereocenters. The summed E-state index contributed by atoms with van der Waals surface area (Å²) in [6.07, 6.45) is 3.67. The molecule has 0 atom stereocenters. The van der Waals surface area contributed by atoms with Crippen LogP contribution in [0.1, 0.15) is 0 Å². The van der Waals surface area contributed by atoms with Crippen LogP contribution in [0.15, 0.2) is 243 Å². The molecule has 14 aromatic rings. The van der Waals surface area contributed by atoms with Crippen LogP contribution in [0.3, 0.4) is 0 Å². The van der Waals surface area contributed by atoms with E-state index in [9.17, 15) is 0 Å². The number of rotatable bonds is 9. The van der Waals surface area contributed by atoms with Crippen LogP contribution in [0.2, 0.25) is 0 Å². The van der Waals surface area contributed by atoms with Gasteiger partial charge in [-0.1, -0.05) is 170 Å². The molecule has 0 saturated heterocycles. The van der Waals surface area contributed by atoms with Crippen LogP contribution in [0.5, 0.6) is 0 Å². The van der Waals surface area contributed by atoms with Gasteiger partial charge in [-0.15, -0.1) is 0 Å². The first-order valence-corrected chi connectivity index (χ1v) is 24.4. The molecule has 0 spiro atoms. The molecule has 10 nitrogen and oxygen atoms in total. The molecule has 0 radical (unpaired) electrons. The van der Waals surface area contributed by atoms with Crippen molar-refractivity contribution in [3.63, 3.8) is 0 Å².